The third-order valence-corrected chi connectivity index (χ3v) is 7.01. The minimum Gasteiger partial charge on any atom is -0.743 e. The van der Waals surface area contributed by atoms with Crippen LogP contribution in [0.15, 0.2) is 17.0 Å². The number of hydrogen-bond acceptors (Lipinski definition) is 4. The molecule has 242 valence electrons. The van der Waals surface area contributed by atoms with Gasteiger partial charge in [0.1, 0.15) is 18.3 Å². The zero-order valence-electron chi connectivity index (χ0n) is 20.1. The lowest BCUT2D eigenvalue weighted by Gasteiger charge is -2.42. The minimum atomic E-state index is -8.92. The van der Waals surface area contributed by atoms with Gasteiger partial charge in [0.15, 0.2) is 15.0 Å². The monoisotopic (exact) mass is 682 g/mol. The average Bonchev–Trinajstić information content (AvgIpc) is 2.75. The molecule has 0 aliphatic carbocycles. The van der Waals surface area contributed by atoms with Gasteiger partial charge in [-0.3, -0.25) is 0 Å². The highest BCUT2D eigenvalue weighted by Crippen LogP contribution is 2.64. The summed E-state index contributed by atoms with van der Waals surface area (Å²) in [6, 6.07) is 4.12. The number of hydrogen-bond donors (Lipinski definition) is 1. The summed E-state index contributed by atoms with van der Waals surface area (Å²) < 4.78 is 244. The molecule has 0 unspecified atom stereocenters. The number of halogens is 17. The molecule has 1 aromatic rings. The van der Waals surface area contributed by atoms with Crippen LogP contribution in [0.3, 0.4) is 0 Å². The van der Waals surface area contributed by atoms with E-state index >= 15 is 0 Å². The first kappa shape index (κ1) is 39.1. The lowest BCUT2D eigenvalue weighted by molar-refractivity contribution is -0.458. The first-order chi connectivity index (χ1) is 17.5. The Labute approximate surface area is 221 Å². The maximum atomic E-state index is 13.0. The fraction of sp³-hybridized carbons (Fsp3) is 0.667. The minimum absolute atomic E-state index is 0.281. The molecule has 0 bridgehead atoms. The van der Waals surface area contributed by atoms with Crippen molar-refractivity contribution in [3.8, 4) is 5.75 Å². The molecular weight excluding hydrogens is 667 g/mol. The highest BCUT2D eigenvalue weighted by atomic mass is 32.2. The van der Waals surface area contributed by atoms with Crippen LogP contribution in [-0.2, 0) is 21.0 Å². The Bertz CT molecular complexity index is 1180. The number of aryl methyl sites for hydroxylation is 2. The fourth-order valence-electron chi connectivity index (χ4n) is 2.46. The standard InChI is InChI=1S/C10H14OS.C8HF17O3S/c1-7-5-9(12(3)4)6-8(2)10(7)11;9-1(10,3(13,14)5(17,18)7(21,22)23)2(11,12)4(15,16)6(19,20)8(24,25)29(26,27)28/h5-6H,1-4H3;(H,26,27,28). The summed E-state index contributed by atoms with van der Waals surface area (Å²) in [7, 11) is -7.86. The van der Waals surface area contributed by atoms with Crippen LogP contribution < -0.4 is 0 Å². The summed E-state index contributed by atoms with van der Waals surface area (Å²) in [5.41, 5.74) is 1.96. The maximum Gasteiger partial charge on any atom is 0.460 e. The summed E-state index contributed by atoms with van der Waals surface area (Å²) in [5.74, 6) is -51.7. The van der Waals surface area contributed by atoms with Gasteiger partial charge in [0.25, 0.3) is 0 Å². The predicted octanol–water partition coefficient (Wildman–Crippen LogP) is 6.74. The van der Waals surface area contributed by atoms with Crippen LogP contribution in [-0.4, -0.2) is 77.6 Å². The summed E-state index contributed by atoms with van der Waals surface area (Å²) in [5, 5.41) is 1.56. The number of alkyl halides is 17. The van der Waals surface area contributed by atoms with Crippen molar-refractivity contribution in [2.45, 2.75) is 65.7 Å². The molecule has 0 spiro atoms. The number of rotatable bonds is 8. The molecule has 23 heteroatoms. The molecule has 0 saturated carbocycles. The molecule has 0 radical (unpaired) electrons. The molecule has 0 saturated heterocycles. The zero-order valence-corrected chi connectivity index (χ0v) is 21.7. The van der Waals surface area contributed by atoms with Crippen molar-refractivity contribution in [3.05, 3.63) is 23.3 Å². The van der Waals surface area contributed by atoms with Crippen LogP contribution in [0.25, 0.3) is 0 Å². The van der Waals surface area contributed by atoms with E-state index in [1.807, 2.05) is 13.8 Å². The van der Waals surface area contributed by atoms with E-state index in [1.165, 1.54) is 4.90 Å². The lowest BCUT2D eigenvalue weighted by atomic mass is 9.91. The third kappa shape index (κ3) is 6.11. The van der Waals surface area contributed by atoms with E-state index in [0.29, 0.717) is 5.75 Å². The van der Waals surface area contributed by atoms with Gasteiger partial charge in [0.2, 0.25) is 0 Å². The van der Waals surface area contributed by atoms with Crippen molar-refractivity contribution >= 4 is 21.0 Å². The van der Waals surface area contributed by atoms with E-state index in [2.05, 4.69) is 24.6 Å². The molecule has 1 aromatic carbocycles. The number of phenols is 1. The molecule has 41 heavy (non-hydrogen) atoms. The van der Waals surface area contributed by atoms with Crippen LogP contribution in [0.2, 0.25) is 0 Å². The Morgan fingerprint density at radius 1 is 0.610 bits per heavy atom. The van der Waals surface area contributed by atoms with Gasteiger partial charge in [-0.25, -0.2) is 8.42 Å². The Hall–Kier alpha value is -1.91. The normalized spacial score (nSPS) is 15.1. The van der Waals surface area contributed by atoms with Gasteiger partial charge in [-0.2, -0.15) is 74.6 Å². The highest BCUT2D eigenvalue weighted by Gasteiger charge is 2.95. The van der Waals surface area contributed by atoms with Gasteiger partial charge in [0, 0.05) is 10.9 Å². The van der Waals surface area contributed by atoms with E-state index in [9.17, 15) is 92.7 Å². The molecule has 0 aliphatic rings. The summed E-state index contributed by atoms with van der Waals surface area (Å²) in [4.78, 5) is 1.32. The van der Waals surface area contributed by atoms with Crippen molar-refractivity contribution in [2.24, 2.45) is 0 Å². The second-order valence-corrected chi connectivity index (χ2v) is 11.7. The summed E-state index contributed by atoms with van der Waals surface area (Å²) >= 11 is 0. The Balaban J connectivity index is 0.00000110. The first-order valence-electron chi connectivity index (χ1n) is 9.57. The number of aromatic hydroxyl groups is 1. The van der Waals surface area contributed by atoms with Crippen LogP contribution in [0.5, 0.6) is 5.75 Å². The second-order valence-electron chi connectivity index (χ2n) is 8.14. The second kappa shape index (κ2) is 11.0. The van der Waals surface area contributed by atoms with Crippen LogP contribution >= 0.6 is 0 Å². The first-order valence-corrected chi connectivity index (χ1v) is 13.0. The predicted molar refractivity (Wildman–Crippen MR) is 105 cm³/mol. The third-order valence-electron chi connectivity index (χ3n) is 4.94. The summed E-state index contributed by atoms with van der Waals surface area (Å²) in [6.07, 6.45) is -3.52. The molecule has 1 rings (SSSR count). The van der Waals surface area contributed by atoms with Gasteiger partial charge in [0.05, 0.1) is 0 Å². The highest BCUT2D eigenvalue weighted by molar-refractivity contribution is 7.95. The van der Waals surface area contributed by atoms with Gasteiger partial charge in [-0.15, -0.1) is 0 Å². The molecule has 0 atom stereocenters. The van der Waals surface area contributed by atoms with Crippen molar-refractivity contribution in [3.63, 3.8) is 0 Å². The van der Waals surface area contributed by atoms with Gasteiger partial charge < -0.3 is 9.66 Å². The van der Waals surface area contributed by atoms with Gasteiger partial charge in [-0.1, -0.05) is 0 Å². The quantitative estimate of drug-likeness (QED) is 0.187. The van der Waals surface area contributed by atoms with Gasteiger partial charge in [-0.05, 0) is 37.1 Å². The zero-order chi connectivity index (χ0) is 33.8. The molecular formula is C18H15F17O4S2. The largest absolute Gasteiger partial charge is 0.743 e. The van der Waals surface area contributed by atoms with Crippen molar-refractivity contribution in [1.82, 2.24) is 0 Å². The molecule has 0 aromatic heterocycles. The molecule has 0 amide bonds. The molecule has 0 aliphatic heterocycles. The molecule has 0 fully saturated rings. The fourth-order valence-corrected chi connectivity index (χ4v) is 3.73. The Morgan fingerprint density at radius 3 is 1.12 bits per heavy atom. The van der Waals surface area contributed by atoms with E-state index in [4.69, 9.17) is 0 Å². The van der Waals surface area contributed by atoms with Crippen molar-refractivity contribution in [1.29, 1.82) is 0 Å². The smallest absolute Gasteiger partial charge is 0.460 e. The number of phenolic OH excluding ortho intramolecular Hbond substituents is 1. The Morgan fingerprint density at radius 2 is 0.878 bits per heavy atom. The maximum absolute atomic E-state index is 13.0. The van der Waals surface area contributed by atoms with Crippen LogP contribution in [0.4, 0.5) is 74.6 Å². The molecule has 0 heterocycles. The van der Waals surface area contributed by atoms with Crippen molar-refractivity contribution in [2.75, 3.05) is 12.5 Å². The van der Waals surface area contributed by atoms with E-state index in [0.717, 1.165) is 11.1 Å². The Kier molecular flexibility index (Phi) is 10.5. The SMILES string of the molecule is Cc1cc([S+](C)C)cc(C)c1O.O=S(=O)([O-])C(F)(F)C(F)(F)C(F)(F)C(F)(F)C(F)(F)C(F)(F)C(F)(F)C(F)(F)F. The molecule has 1 N–H and O–H groups in total. The van der Waals surface area contributed by atoms with Crippen LogP contribution in [0.1, 0.15) is 11.1 Å². The van der Waals surface area contributed by atoms with Crippen molar-refractivity contribution < 1.29 is 92.7 Å². The van der Waals surface area contributed by atoms with Gasteiger partial charge >= 0.3 is 47.0 Å². The average molecular weight is 682 g/mol. The van der Waals surface area contributed by atoms with E-state index in [-0.39, 0.29) is 10.9 Å². The topological polar surface area (TPSA) is 77.4 Å². The molecule has 4 nitrogen and oxygen atoms in total. The number of benzene rings is 1. The van der Waals surface area contributed by atoms with E-state index in [1.54, 1.807) is 0 Å². The van der Waals surface area contributed by atoms with Crippen LogP contribution in [0, 0.1) is 13.8 Å². The summed E-state index contributed by atoms with van der Waals surface area (Å²) in [6.45, 7) is 3.89. The lowest BCUT2D eigenvalue weighted by Crippen LogP contribution is -2.75. The van der Waals surface area contributed by atoms with E-state index < -0.39 is 57.1 Å².